The number of carbonyl (C=O) groups is 1. The van der Waals surface area contributed by atoms with E-state index in [1.54, 1.807) is 11.8 Å². The lowest BCUT2D eigenvalue weighted by molar-refractivity contribution is -0.143. The smallest absolute Gasteiger partial charge is 0.383 e. The number of hydrogen-bond donors (Lipinski definition) is 3. The van der Waals surface area contributed by atoms with Gasteiger partial charge in [-0.25, -0.2) is 13.9 Å². The van der Waals surface area contributed by atoms with Crippen molar-refractivity contribution in [2.75, 3.05) is 58.3 Å². The third kappa shape index (κ3) is 9.91. The first-order chi connectivity index (χ1) is 23.9. The van der Waals surface area contributed by atoms with Gasteiger partial charge in [0.05, 0.1) is 24.9 Å². The largest absolute Gasteiger partial charge is 0.401 e. The Morgan fingerprint density at radius 2 is 1.54 bits per heavy atom. The molecule has 3 aromatic carbocycles. The van der Waals surface area contributed by atoms with Gasteiger partial charge in [0, 0.05) is 63.3 Å². The van der Waals surface area contributed by atoms with Crippen LogP contribution in [0.5, 0.6) is 0 Å². The number of rotatable bonds is 9. The van der Waals surface area contributed by atoms with Crippen molar-refractivity contribution in [1.29, 1.82) is 0 Å². The van der Waals surface area contributed by atoms with Gasteiger partial charge in [0.1, 0.15) is 16.2 Å². The molecule has 2 fully saturated rings. The summed E-state index contributed by atoms with van der Waals surface area (Å²) in [6, 6.07) is 24.4. The lowest BCUT2D eigenvalue weighted by Crippen LogP contribution is -2.43. The number of urea groups is 1. The molecule has 0 saturated carbocycles. The van der Waals surface area contributed by atoms with Crippen LogP contribution in [0.4, 0.5) is 28.2 Å². The third-order valence-corrected chi connectivity index (χ3v) is 9.74. The van der Waals surface area contributed by atoms with Crippen molar-refractivity contribution >= 4 is 27.8 Å². The van der Waals surface area contributed by atoms with Gasteiger partial charge in [0.25, 0.3) is 0 Å². The number of ether oxygens (including phenoxy) is 1. The van der Waals surface area contributed by atoms with Crippen LogP contribution in [0.2, 0.25) is 0 Å². The van der Waals surface area contributed by atoms with E-state index in [0.717, 1.165) is 48.6 Å². The predicted octanol–water partition coefficient (Wildman–Crippen LogP) is 6.29. The van der Waals surface area contributed by atoms with Gasteiger partial charge in [0.2, 0.25) is 0 Å². The van der Waals surface area contributed by atoms with E-state index >= 15 is 0 Å². The van der Waals surface area contributed by atoms with Gasteiger partial charge < -0.3 is 15.8 Å². The Balaban J connectivity index is 0.000000240. The molecule has 9 nitrogen and oxygen atoms in total. The zero-order chi connectivity index (χ0) is 35.8. The minimum Gasteiger partial charge on any atom is -0.383 e. The molecule has 0 aliphatic carbocycles. The summed E-state index contributed by atoms with van der Waals surface area (Å²) in [5.41, 5.74) is 9.65. The third-order valence-electron chi connectivity index (χ3n) is 8.99. The minimum absolute atomic E-state index is 0.104. The summed E-state index contributed by atoms with van der Waals surface area (Å²) in [5.74, 6) is 0.321. The first-order valence-electron chi connectivity index (χ1n) is 16.4. The van der Waals surface area contributed by atoms with Crippen LogP contribution in [0.25, 0.3) is 5.69 Å². The van der Waals surface area contributed by atoms with Crippen LogP contribution in [0.15, 0.2) is 89.5 Å². The van der Waals surface area contributed by atoms with Gasteiger partial charge in [-0.15, -0.1) is 0 Å². The Bertz CT molecular complexity index is 1680. The second-order valence-electron chi connectivity index (χ2n) is 12.6. The van der Waals surface area contributed by atoms with Crippen LogP contribution in [0.3, 0.4) is 0 Å². The second kappa shape index (κ2) is 16.9. The van der Waals surface area contributed by atoms with Crippen LogP contribution < -0.4 is 16.4 Å². The van der Waals surface area contributed by atoms with Crippen molar-refractivity contribution in [2.24, 2.45) is 5.73 Å². The molecule has 6 rings (SSSR count). The number of nitrogens with zero attached hydrogens (tertiary/aromatic N) is 4. The molecule has 4 N–H and O–H groups in total. The number of methoxy groups -OCH3 is 1. The first kappa shape index (κ1) is 37.4. The lowest BCUT2D eigenvalue weighted by Gasteiger charge is -2.21. The van der Waals surface area contributed by atoms with E-state index in [2.05, 4.69) is 36.6 Å². The van der Waals surface area contributed by atoms with Gasteiger partial charge >= 0.3 is 12.2 Å². The SMILES string of the molecule is COCCN1C[C@@H](N)[C@H](c2ccc(F)cc2)C1.Cc1c(Br)nn(-c2ccccc2)c1NC(=O)N[C@H]1CN(CC(F)(F)F)C[C@@H]1c1ccccc1. The topological polar surface area (TPSA) is 101 Å². The number of amides is 2. The fraction of sp³-hybridized carbons (Fsp3) is 0.389. The molecule has 50 heavy (non-hydrogen) atoms. The molecule has 2 saturated heterocycles. The lowest BCUT2D eigenvalue weighted by atomic mass is 9.94. The first-order valence-corrected chi connectivity index (χ1v) is 17.2. The van der Waals surface area contributed by atoms with Crippen LogP contribution >= 0.6 is 15.9 Å². The second-order valence-corrected chi connectivity index (χ2v) is 13.4. The van der Waals surface area contributed by atoms with E-state index in [9.17, 15) is 22.4 Å². The fourth-order valence-electron chi connectivity index (χ4n) is 6.52. The summed E-state index contributed by atoms with van der Waals surface area (Å²) in [4.78, 5) is 16.6. The van der Waals surface area contributed by atoms with Crippen LogP contribution in [0, 0.1) is 12.7 Å². The molecule has 4 atom stereocenters. The number of aromatic nitrogens is 2. The zero-order valence-electron chi connectivity index (χ0n) is 27.9. The molecule has 2 aliphatic rings. The highest BCUT2D eigenvalue weighted by molar-refractivity contribution is 9.10. The number of halogens is 5. The molecule has 1 aromatic heterocycles. The van der Waals surface area contributed by atoms with Crippen molar-refractivity contribution in [3.63, 3.8) is 0 Å². The molecule has 4 aromatic rings. The Hall–Kier alpha value is -3.82. The molecule has 0 spiro atoms. The van der Waals surface area contributed by atoms with E-state index in [4.69, 9.17) is 10.5 Å². The number of nitrogens with two attached hydrogens (primary N) is 1. The quantitative estimate of drug-likeness (QED) is 0.174. The van der Waals surface area contributed by atoms with Crippen molar-refractivity contribution in [3.05, 3.63) is 112 Å². The average Bonchev–Trinajstić information content (AvgIpc) is 3.75. The molecule has 0 radical (unpaired) electrons. The summed E-state index contributed by atoms with van der Waals surface area (Å²) in [6.07, 6.45) is -4.30. The molecule has 3 heterocycles. The number of anilines is 1. The van der Waals surface area contributed by atoms with E-state index in [1.165, 1.54) is 17.0 Å². The number of para-hydroxylation sites is 1. The monoisotopic (exact) mass is 759 g/mol. The minimum atomic E-state index is -4.30. The Morgan fingerprint density at radius 3 is 2.18 bits per heavy atom. The van der Waals surface area contributed by atoms with Crippen LogP contribution in [-0.4, -0.2) is 96.9 Å². The number of carbonyl (C=O) groups excluding carboxylic acids is 1. The summed E-state index contributed by atoms with van der Waals surface area (Å²) >= 11 is 3.40. The van der Waals surface area contributed by atoms with Crippen molar-refractivity contribution < 1.29 is 27.1 Å². The molecule has 2 aliphatic heterocycles. The molecule has 0 unspecified atom stereocenters. The number of likely N-dealkylation sites (tertiary alicyclic amines) is 2. The average molecular weight is 761 g/mol. The van der Waals surface area contributed by atoms with Crippen molar-refractivity contribution in [3.8, 4) is 5.69 Å². The van der Waals surface area contributed by atoms with Gasteiger partial charge in [0.15, 0.2) is 0 Å². The maximum Gasteiger partial charge on any atom is 0.401 e. The molecule has 0 bridgehead atoms. The van der Waals surface area contributed by atoms with Crippen molar-refractivity contribution in [2.45, 2.75) is 37.0 Å². The maximum absolute atomic E-state index is 13.0. The summed E-state index contributed by atoms with van der Waals surface area (Å²) < 4.78 is 59.1. The maximum atomic E-state index is 13.0. The number of benzene rings is 3. The summed E-state index contributed by atoms with van der Waals surface area (Å²) in [6.45, 7) is 4.56. The number of nitrogens with one attached hydrogen (secondary N) is 2. The Labute approximate surface area is 297 Å². The molecule has 14 heteroatoms. The van der Waals surface area contributed by atoms with Gasteiger partial charge in [-0.2, -0.15) is 18.3 Å². The van der Waals surface area contributed by atoms with Crippen molar-refractivity contribution in [1.82, 2.24) is 24.9 Å². The van der Waals surface area contributed by atoms with Crippen LogP contribution in [0.1, 0.15) is 28.5 Å². The Kier molecular flexibility index (Phi) is 12.7. The van der Waals surface area contributed by atoms with Gasteiger partial charge in [-0.1, -0.05) is 60.7 Å². The highest BCUT2D eigenvalue weighted by Gasteiger charge is 2.40. The molecular formula is C36H42BrF4N7O2. The van der Waals surface area contributed by atoms with E-state index in [-0.39, 0.29) is 30.9 Å². The van der Waals surface area contributed by atoms with Crippen LogP contribution in [-0.2, 0) is 4.74 Å². The normalized spacial score (nSPS) is 21.1. The summed E-state index contributed by atoms with van der Waals surface area (Å²) in [5, 5.41) is 10.2. The fourth-order valence-corrected chi connectivity index (χ4v) is 6.86. The zero-order valence-corrected chi connectivity index (χ0v) is 29.5. The van der Waals surface area contributed by atoms with Gasteiger partial charge in [-0.3, -0.25) is 15.1 Å². The highest BCUT2D eigenvalue weighted by atomic mass is 79.9. The molecule has 2 amide bonds. The number of alkyl halides is 3. The van der Waals surface area contributed by atoms with E-state index in [0.29, 0.717) is 16.3 Å². The standard InChI is InChI=1S/C23H23BrF3N5O.C13H19FN2O/c1-15-20(24)30-32(17-10-6-3-7-11-17)21(15)29-22(33)28-19-13-31(14-23(25,26)27)12-18(19)16-8-4-2-5-9-16;1-17-7-6-16-8-12(13(15)9-16)10-2-4-11(14)5-3-10/h2-11,18-19H,12-14H2,1H3,(H2,28,29,33);2-5,12-13H,6-9,15H2,1H3/t18-,19+;12-,13+/m10/s1. The summed E-state index contributed by atoms with van der Waals surface area (Å²) in [7, 11) is 1.70. The Morgan fingerprint density at radius 1 is 0.920 bits per heavy atom. The van der Waals surface area contributed by atoms with E-state index < -0.39 is 24.8 Å². The molecule has 268 valence electrons. The predicted molar refractivity (Wildman–Crippen MR) is 189 cm³/mol. The van der Waals surface area contributed by atoms with E-state index in [1.807, 2.05) is 79.7 Å². The molecular weight excluding hydrogens is 718 g/mol. The highest BCUT2D eigenvalue weighted by Crippen LogP contribution is 2.31. The van der Waals surface area contributed by atoms with Gasteiger partial charge in [-0.05, 0) is 58.2 Å². The number of hydrogen-bond acceptors (Lipinski definition) is 6.